The fourth-order valence-electron chi connectivity index (χ4n) is 1.63. The number of aliphatic carboxylic acids is 1. The maximum absolute atomic E-state index is 10.3. The topological polar surface area (TPSA) is 57.5 Å². The van der Waals surface area contributed by atoms with Crippen LogP contribution in [0.15, 0.2) is 12.2 Å². The zero-order chi connectivity index (χ0) is 16.5. The van der Waals surface area contributed by atoms with Crippen molar-refractivity contribution >= 4 is 5.97 Å². The lowest BCUT2D eigenvalue weighted by atomic mass is 10.1. The fourth-order valence-corrected chi connectivity index (χ4v) is 1.63. The highest BCUT2D eigenvalue weighted by Gasteiger charge is 1.95. The molecule has 0 aliphatic heterocycles. The maximum atomic E-state index is 10.3. The van der Waals surface area contributed by atoms with E-state index in [1.54, 1.807) is 19.1 Å². The SMILES string of the molecule is CC(O)/C=C/C#CC#CC#CCCCCCCCCC(=O)O. The van der Waals surface area contributed by atoms with Crippen molar-refractivity contribution in [1.82, 2.24) is 0 Å². The summed E-state index contributed by atoms with van der Waals surface area (Å²) in [7, 11) is 0. The summed E-state index contributed by atoms with van der Waals surface area (Å²) in [5.41, 5.74) is 0. The van der Waals surface area contributed by atoms with E-state index in [0.29, 0.717) is 0 Å². The van der Waals surface area contributed by atoms with Gasteiger partial charge in [-0.1, -0.05) is 37.5 Å². The lowest BCUT2D eigenvalue weighted by molar-refractivity contribution is -0.137. The van der Waals surface area contributed by atoms with Gasteiger partial charge >= 0.3 is 5.97 Å². The molecule has 0 spiro atoms. The lowest BCUT2D eigenvalue weighted by Gasteiger charge is -1.98. The van der Waals surface area contributed by atoms with E-state index >= 15 is 0 Å². The third-order valence-electron chi connectivity index (χ3n) is 2.75. The van der Waals surface area contributed by atoms with Crippen LogP contribution < -0.4 is 0 Å². The van der Waals surface area contributed by atoms with Crippen molar-refractivity contribution < 1.29 is 15.0 Å². The molecule has 0 aromatic carbocycles. The van der Waals surface area contributed by atoms with Gasteiger partial charge in [0.1, 0.15) is 0 Å². The van der Waals surface area contributed by atoms with E-state index in [-0.39, 0.29) is 6.42 Å². The van der Waals surface area contributed by atoms with Crippen LogP contribution in [0.4, 0.5) is 0 Å². The first kappa shape index (κ1) is 19.9. The average molecular weight is 300 g/mol. The molecule has 0 fully saturated rings. The van der Waals surface area contributed by atoms with E-state index < -0.39 is 12.1 Å². The van der Waals surface area contributed by atoms with Gasteiger partial charge in [-0.3, -0.25) is 4.79 Å². The van der Waals surface area contributed by atoms with E-state index in [9.17, 15) is 4.79 Å². The summed E-state index contributed by atoms with van der Waals surface area (Å²) in [4.78, 5) is 10.3. The molecule has 1 unspecified atom stereocenters. The van der Waals surface area contributed by atoms with Crippen LogP contribution in [0.2, 0.25) is 0 Å². The number of carboxylic acids is 1. The molecule has 0 rings (SSSR count). The Morgan fingerprint density at radius 1 is 1.00 bits per heavy atom. The van der Waals surface area contributed by atoms with Gasteiger partial charge in [-0.2, -0.15) is 0 Å². The minimum Gasteiger partial charge on any atom is -0.481 e. The number of hydrogen-bond donors (Lipinski definition) is 2. The summed E-state index contributed by atoms with van der Waals surface area (Å²) in [5.74, 6) is 15.6. The normalized spacial score (nSPS) is 10.6. The number of rotatable bonds is 9. The van der Waals surface area contributed by atoms with Gasteiger partial charge in [-0.25, -0.2) is 0 Å². The molecule has 0 aromatic rings. The highest BCUT2D eigenvalue weighted by Crippen LogP contribution is 2.08. The summed E-state index contributed by atoms with van der Waals surface area (Å²) in [6.07, 6.45) is 9.95. The number of hydrogen-bond acceptors (Lipinski definition) is 2. The van der Waals surface area contributed by atoms with Gasteiger partial charge in [-0.05, 0) is 55.6 Å². The Labute approximate surface area is 133 Å². The van der Waals surface area contributed by atoms with E-state index in [4.69, 9.17) is 10.2 Å². The highest BCUT2D eigenvalue weighted by molar-refractivity contribution is 5.66. The summed E-state index contributed by atoms with van der Waals surface area (Å²) >= 11 is 0. The van der Waals surface area contributed by atoms with Crippen molar-refractivity contribution in [1.29, 1.82) is 0 Å². The number of unbranched alkanes of at least 4 members (excludes halogenated alkanes) is 6. The van der Waals surface area contributed by atoms with Crippen LogP contribution in [-0.4, -0.2) is 22.3 Å². The van der Waals surface area contributed by atoms with Crippen LogP contribution >= 0.6 is 0 Å². The fraction of sp³-hybridized carbons (Fsp3) is 0.526. The van der Waals surface area contributed by atoms with Crippen LogP contribution in [0.3, 0.4) is 0 Å². The molecular formula is C19H24O3. The summed E-state index contributed by atoms with van der Waals surface area (Å²) in [6, 6.07) is 0. The molecule has 22 heavy (non-hydrogen) atoms. The number of carbonyl (C=O) groups is 1. The largest absolute Gasteiger partial charge is 0.481 e. The third-order valence-corrected chi connectivity index (χ3v) is 2.75. The molecule has 0 aliphatic rings. The zero-order valence-corrected chi connectivity index (χ0v) is 13.2. The molecule has 0 heterocycles. The van der Waals surface area contributed by atoms with Crippen molar-refractivity contribution in [2.24, 2.45) is 0 Å². The second-order valence-corrected chi connectivity index (χ2v) is 4.94. The number of aliphatic hydroxyl groups excluding tert-OH is 1. The van der Waals surface area contributed by atoms with Crippen LogP contribution in [0.1, 0.15) is 58.3 Å². The Hall–Kier alpha value is -2.15. The van der Waals surface area contributed by atoms with Gasteiger partial charge in [0.25, 0.3) is 0 Å². The smallest absolute Gasteiger partial charge is 0.303 e. The first-order valence-electron chi connectivity index (χ1n) is 7.68. The van der Waals surface area contributed by atoms with Crippen LogP contribution in [0, 0.1) is 35.5 Å². The second-order valence-electron chi connectivity index (χ2n) is 4.94. The Balaban J connectivity index is 3.52. The first-order valence-corrected chi connectivity index (χ1v) is 7.68. The molecule has 0 radical (unpaired) electrons. The minimum absolute atomic E-state index is 0.280. The molecule has 0 saturated heterocycles. The molecule has 0 amide bonds. The Morgan fingerprint density at radius 3 is 2.32 bits per heavy atom. The summed E-state index contributed by atoms with van der Waals surface area (Å²) < 4.78 is 0. The Bertz CT molecular complexity index is 510. The number of aliphatic hydroxyl groups is 1. The molecule has 3 heteroatoms. The first-order chi connectivity index (χ1) is 10.6. The zero-order valence-electron chi connectivity index (χ0n) is 13.2. The quantitative estimate of drug-likeness (QED) is 0.508. The van der Waals surface area contributed by atoms with Crippen molar-refractivity contribution in [2.45, 2.75) is 64.4 Å². The van der Waals surface area contributed by atoms with Gasteiger partial charge in [0.05, 0.1) is 6.10 Å². The molecule has 2 N–H and O–H groups in total. The van der Waals surface area contributed by atoms with Crippen LogP contribution in [0.25, 0.3) is 0 Å². The molecular weight excluding hydrogens is 276 g/mol. The van der Waals surface area contributed by atoms with Gasteiger partial charge in [0.2, 0.25) is 0 Å². The maximum Gasteiger partial charge on any atom is 0.303 e. The number of carboxylic acid groups (broad SMARTS) is 1. The van der Waals surface area contributed by atoms with E-state index in [1.165, 1.54) is 0 Å². The predicted octanol–water partition coefficient (Wildman–Crippen LogP) is 3.14. The Kier molecular flexibility index (Phi) is 13.8. The lowest BCUT2D eigenvalue weighted by Crippen LogP contribution is -1.93. The average Bonchev–Trinajstić information content (AvgIpc) is 2.46. The highest BCUT2D eigenvalue weighted by atomic mass is 16.4. The Morgan fingerprint density at radius 2 is 1.64 bits per heavy atom. The van der Waals surface area contributed by atoms with Gasteiger partial charge in [0.15, 0.2) is 0 Å². The predicted molar refractivity (Wildman–Crippen MR) is 88.7 cm³/mol. The molecule has 0 saturated carbocycles. The molecule has 0 aliphatic carbocycles. The third kappa shape index (κ3) is 17.8. The van der Waals surface area contributed by atoms with Gasteiger partial charge in [0, 0.05) is 12.8 Å². The van der Waals surface area contributed by atoms with Gasteiger partial charge in [-0.15, -0.1) is 0 Å². The standard InChI is InChI=1S/C19H24O3/c1-18(20)16-14-12-10-8-6-4-2-3-5-7-9-11-13-15-17-19(21)22/h14,16,18,20H,3,5,7,9,11,13,15,17H2,1H3,(H,21,22)/b16-14+. The van der Waals surface area contributed by atoms with Crippen molar-refractivity contribution in [3.63, 3.8) is 0 Å². The molecule has 1 atom stereocenters. The van der Waals surface area contributed by atoms with E-state index in [1.807, 2.05) is 0 Å². The van der Waals surface area contributed by atoms with Crippen molar-refractivity contribution in [3.8, 4) is 35.5 Å². The molecule has 118 valence electrons. The number of allylic oxidation sites excluding steroid dienone is 1. The monoisotopic (exact) mass is 300 g/mol. The summed E-state index contributed by atoms with van der Waals surface area (Å²) in [5, 5.41) is 17.4. The second kappa shape index (κ2) is 15.2. The molecule has 0 aromatic heterocycles. The minimum atomic E-state index is -0.708. The van der Waals surface area contributed by atoms with Crippen molar-refractivity contribution in [2.75, 3.05) is 0 Å². The van der Waals surface area contributed by atoms with Gasteiger partial charge < -0.3 is 10.2 Å². The van der Waals surface area contributed by atoms with E-state index in [0.717, 1.165) is 44.9 Å². The molecule has 0 bridgehead atoms. The van der Waals surface area contributed by atoms with E-state index in [2.05, 4.69) is 35.5 Å². The van der Waals surface area contributed by atoms with Crippen LogP contribution in [0.5, 0.6) is 0 Å². The van der Waals surface area contributed by atoms with Crippen LogP contribution in [-0.2, 0) is 4.79 Å². The molecule has 3 nitrogen and oxygen atoms in total. The van der Waals surface area contributed by atoms with Crippen molar-refractivity contribution in [3.05, 3.63) is 12.2 Å². The summed E-state index contributed by atoms with van der Waals surface area (Å²) in [6.45, 7) is 1.66.